The zero-order valence-corrected chi connectivity index (χ0v) is 15.0. The maximum absolute atomic E-state index is 12.6. The van der Waals surface area contributed by atoms with E-state index >= 15 is 0 Å². The minimum Gasteiger partial charge on any atom is -0.454 e. The molecular weight excluding hydrogens is 393 g/mol. The van der Waals surface area contributed by atoms with Gasteiger partial charge < -0.3 is 25.2 Å². The molecule has 1 atom stereocenters. The van der Waals surface area contributed by atoms with Crippen LogP contribution < -0.4 is 20.1 Å². The van der Waals surface area contributed by atoms with Gasteiger partial charge in [0.1, 0.15) is 6.04 Å². The highest BCUT2D eigenvalue weighted by molar-refractivity contribution is 5.98. The third kappa shape index (κ3) is 4.96. The summed E-state index contributed by atoms with van der Waals surface area (Å²) >= 11 is 0. The second kappa shape index (κ2) is 8.39. The van der Waals surface area contributed by atoms with E-state index in [1.807, 2.05) is 0 Å². The molecule has 0 saturated heterocycles. The number of carbonyl (C=O) groups excluding carboxylic acids is 2. The first-order valence-electron chi connectivity index (χ1n) is 8.53. The normalized spacial score (nSPS) is 13.7. The molecule has 7 nitrogen and oxygen atoms in total. The molecule has 2 aromatic rings. The zero-order chi connectivity index (χ0) is 21.0. The van der Waals surface area contributed by atoms with E-state index in [2.05, 4.69) is 10.6 Å². The summed E-state index contributed by atoms with van der Waals surface area (Å²) in [5.74, 6) is -0.395. The molecule has 1 unspecified atom stereocenters. The summed E-state index contributed by atoms with van der Waals surface area (Å²) < 4.78 is 48.0. The van der Waals surface area contributed by atoms with E-state index in [0.717, 1.165) is 12.1 Å². The summed E-state index contributed by atoms with van der Waals surface area (Å²) in [6, 6.07) is 7.55. The zero-order valence-electron chi connectivity index (χ0n) is 15.0. The van der Waals surface area contributed by atoms with E-state index in [4.69, 9.17) is 9.47 Å². The number of amides is 2. The maximum Gasteiger partial charge on any atom is 0.416 e. The number of aliphatic hydroxyl groups is 1. The Balaban J connectivity index is 1.56. The second-order valence-corrected chi connectivity index (χ2v) is 6.19. The lowest BCUT2D eigenvalue weighted by Crippen LogP contribution is -2.48. The lowest BCUT2D eigenvalue weighted by Gasteiger charge is -2.16. The molecule has 1 aliphatic rings. The standard InChI is InChI=1S/C19H17F3N2O5/c20-19(21,22)13-4-1-11(2-5-13)8-23-18(27)14(9-25)24-17(26)12-3-6-15-16(7-12)29-10-28-15/h1-7,14,25H,8-10H2,(H,23,27)(H,24,26). The lowest BCUT2D eigenvalue weighted by molar-refractivity contribution is -0.137. The Morgan fingerprint density at radius 2 is 1.76 bits per heavy atom. The van der Waals surface area contributed by atoms with Crippen molar-refractivity contribution in [1.29, 1.82) is 0 Å². The highest BCUT2D eigenvalue weighted by Gasteiger charge is 2.30. The molecule has 1 aliphatic heterocycles. The Hall–Kier alpha value is -3.27. The number of carbonyl (C=O) groups is 2. The van der Waals surface area contributed by atoms with E-state index in [-0.39, 0.29) is 18.9 Å². The fourth-order valence-electron chi connectivity index (χ4n) is 2.60. The Morgan fingerprint density at radius 3 is 2.41 bits per heavy atom. The molecule has 1 heterocycles. The third-order valence-corrected chi connectivity index (χ3v) is 4.19. The van der Waals surface area contributed by atoms with Crippen molar-refractivity contribution in [2.45, 2.75) is 18.8 Å². The Morgan fingerprint density at radius 1 is 1.07 bits per heavy atom. The largest absolute Gasteiger partial charge is 0.454 e. The summed E-state index contributed by atoms with van der Waals surface area (Å²) in [4.78, 5) is 24.5. The molecule has 3 rings (SSSR count). The topological polar surface area (TPSA) is 96.9 Å². The molecule has 10 heteroatoms. The Kier molecular flexibility index (Phi) is 5.92. The van der Waals surface area contributed by atoms with Crippen LogP contribution in [-0.2, 0) is 17.5 Å². The van der Waals surface area contributed by atoms with Gasteiger partial charge in [-0.1, -0.05) is 12.1 Å². The predicted octanol–water partition coefficient (Wildman–Crippen LogP) is 1.84. The summed E-state index contributed by atoms with van der Waals surface area (Å²) in [5.41, 5.74) is -0.148. The Bertz CT molecular complexity index is 900. The van der Waals surface area contributed by atoms with Crippen molar-refractivity contribution >= 4 is 11.8 Å². The van der Waals surface area contributed by atoms with Crippen LogP contribution in [0.3, 0.4) is 0 Å². The quantitative estimate of drug-likeness (QED) is 0.675. The average molecular weight is 410 g/mol. The fraction of sp³-hybridized carbons (Fsp3) is 0.263. The van der Waals surface area contributed by atoms with Crippen molar-refractivity contribution in [3.8, 4) is 11.5 Å². The first-order chi connectivity index (χ1) is 13.8. The maximum atomic E-state index is 12.6. The van der Waals surface area contributed by atoms with E-state index in [1.165, 1.54) is 24.3 Å². The van der Waals surface area contributed by atoms with Crippen molar-refractivity contribution in [2.75, 3.05) is 13.4 Å². The van der Waals surface area contributed by atoms with Crippen molar-refractivity contribution in [3.63, 3.8) is 0 Å². The van der Waals surface area contributed by atoms with Gasteiger partial charge in [-0.3, -0.25) is 9.59 Å². The number of hydrogen-bond acceptors (Lipinski definition) is 5. The van der Waals surface area contributed by atoms with E-state index in [9.17, 15) is 27.9 Å². The van der Waals surface area contributed by atoms with Crippen LogP contribution in [0.4, 0.5) is 13.2 Å². The molecule has 2 amide bonds. The van der Waals surface area contributed by atoms with Crippen molar-refractivity contribution in [3.05, 3.63) is 59.2 Å². The van der Waals surface area contributed by atoms with Crippen molar-refractivity contribution in [1.82, 2.24) is 10.6 Å². The minimum absolute atomic E-state index is 0.0476. The van der Waals surface area contributed by atoms with Crippen molar-refractivity contribution < 1.29 is 37.3 Å². The lowest BCUT2D eigenvalue weighted by atomic mass is 10.1. The third-order valence-electron chi connectivity index (χ3n) is 4.19. The van der Waals surface area contributed by atoms with Gasteiger partial charge >= 0.3 is 6.18 Å². The number of fused-ring (bicyclic) bond motifs is 1. The molecule has 3 N–H and O–H groups in total. The van der Waals surface area contributed by atoms with Gasteiger partial charge in [-0.25, -0.2) is 0 Å². The summed E-state index contributed by atoms with van der Waals surface area (Å²) in [6.45, 7) is -0.672. The van der Waals surface area contributed by atoms with Crippen LogP contribution in [0, 0.1) is 0 Å². The van der Waals surface area contributed by atoms with Crippen LogP contribution in [0.5, 0.6) is 11.5 Å². The van der Waals surface area contributed by atoms with Gasteiger partial charge in [0.05, 0.1) is 12.2 Å². The van der Waals surface area contributed by atoms with Gasteiger partial charge in [0.15, 0.2) is 11.5 Å². The van der Waals surface area contributed by atoms with Crippen LogP contribution >= 0.6 is 0 Å². The van der Waals surface area contributed by atoms with Crippen LogP contribution in [0.2, 0.25) is 0 Å². The van der Waals surface area contributed by atoms with E-state index in [0.29, 0.717) is 17.1 Å². The van der Waals surface area contributed by atoms with Crippen LogP contribution in [0.15, 0.2) is 42.5 Å². The Labute approximate surface area is 163 Å². The van der Waals surface area contributed by atoms with Gasteiger partial charge in [-0.05, 0) is 35.9 Å². The first kappa shape index (κ1) is 20.5. The van der Waals surface area contributed by atoms with E-state index in [1.54, 1.807) is 6.07 Å². The fourth-order valence-corrected chi connectivity index (χ4v) is 2.60. The van der Waals surface area contributed by atoms with Crippen LogP contribution in [0.25, 0.3) is 0 Å². The van der Waals surface area contributed by atoms with Gasteiger partial charge in [-0.2, -0.15) is 13.2 Å². The number of halogens is 3. The predicted molar refractivity (Wildman–Crippen MR) is 94.2 cm³/mol. The van der Waals surface area contributed by atoms with Crippen LogP contribution in [0.1, 0.15) is 21.5 Å². The van der Waals surface area contributed by atoms with Gasteiger partial charge in [-0.15, -0.1) is 0 Å². The summed E-state index contributed by atoms with van der Waals surface area (Å²) in [7, 11) is 0. The van der Waals surface area contributed by atoms with E-state index < -0.39 is 36.2 Å². The van der Waals surface area contributed by atoms with Gasteiger partial charge in [0.25, 0.3) is 5.91 Å². The SMILES string of the molecule is O=C(NC(CO)C(=O)NCc1ccc(C(F)(F)F)cc1)c1ccc2c(c1)OCO2. The molecular formula is C19H17F3N2O5. The number of ether oxygens (including phenoxy) is 2. The minimum atomic E-state index is -4.44. The van der Waals surface area contributed by atoms with Gasteiger partial charge in [0, 0.05) is 12.1 Å². The molecule has 0 aromatic heterocycles. The van der Waals surface area contributed by atoms with Crippen LogP contribution in [-0.4, -0.2) is 36.4 Å². The molecule has 2 aromatic carbocycles. The summed E-state index contributed by atoms with van der Waals surface area (Å²) in [5, 5.41) is 14.3. The number of alkyl halides is 3. The number of hydrogen-bond donors (Lipinski definition) is 3. The number of nitrogens with one attached hydrogen (secondary N) is 2. The number of aliphatic hydroxyl groups excluding tert-OH is 1. The average Bonchev–Trinajstić information content (AvgIpc) is 3.17. The number of benzene rings is 2. The molecule has 0 saturated carbocycles. The van der Waals surface area contributed by atoms with Gasteiger partial charge in [0.2, 0.25) is 12.7 Å². The molecule has 0 aliphatic carbocycles. The highest BCUT2D eigenvalue weighted by atomic mass is 19.4. The second-order valence-electron chi connectivity index (χ2n) is 6.19. The highest BCUT2D eigenvalue weighted by Crippen LogP contribution is 2.32. The molecule has 154 valence electrons. The molecule has 0 bridgehead atoms. The van der Waals surface area contributed by atoms with Crippen molar-refractivity contribution in [2.24, 2.45) is 0 Å². The monoisotopic (exact) mass is 410 g/mol. The first-order valence-corrected chi connectivity index (χ1v) is 8.53. The molecule has 0 fully saturated rings. The number of rotatable bonds is 6. The molecule has 0 radical (unpaired) electrons. The summed E-state index contributed by atoms with van der Waals surface area (Å²) in [6.07, 6.45) is -4.44. The molecule has 0 spiro atoms. The molecule has 29 heavy (non-hydrogen) atoms. The smallest absolute Gasteiger partial charge is 0.416 e.